The van der Waals surface area contributed by atoms with Crippen LogP contribution in [0.25, 0.3) is 0 Å². The van der Waals surface area contributed by atoms with E-state index in [-0.39, 0.29) is 5.41 Å². The Kier molecular flexibility index (Phi) is 5.01. The number of nitrogens with zero attached hydrogens (tertiary/aromatic N) is 1. The molecule has 0 saturated carbocycles. The van der Waals surface area contributed by atoms with Gasteiger partial charge in [0, 0.05) is 12.0 Å². The van der Waals surface area contributed by atoms with Gasteiger partial charge in [-0.2, -0.15) is 0 Å². The number of benzene rings is 1. The second-order valence-electron chi connectivity index (χ2n) is 5.40. The molecule has 0 unspecified atom stereocenters. The van der Waals surface area contributed by atoms with E-state index in [1.54, 1.807) is 0 Å². The Labute approximate surface area is 117 Å². The van der Waals surface area contributed by atoms with Gasteiger partial charge in [0.25, 0.3) is 0 Å². The average Bonchev–Trinajstić information content (AvgIpc) is 2.49. The quantitative estimate of drug-likeness (QED) is 0.813. The van der Waals surface area contributed by atoms with E-state index < -0.39 is 0 Å². The van der Waals surface area contributed by atoms with E-state index in [0.717, 1.165) is 32.7 Å². The SMILES string of the molecule is C#CCN(CC)CC1(c2ccccc2)CCNCC1. The lowest BCUT2D eigenvalue weighted by Crippen LogP contribution is -2.47. The van der Waals surface area contributed by atoms with Crippen LogP contribution in [0.5, 0.6) is 0 Å². The number of hydrogen-bond acceptors (Lipinski definition) is 2. The van der Waals surface area contributed by atoms with Gasteiger partial charge in [-0.1, -0.05) is 43.2 Å². The topological polar surface area (TPSA) is 15.3 Å². The Bertz CT molecular complexity index is 413. The van der Waals surface area contributed by atoms with Crippen LogP contribution in [0.3, 0.4) is 0 Å². The Balaban J connectivity index is 2.22. The first-order chi connectivity index (χ1) is 9.30. The van der Waals surface area contributed by atoms with E-state index in [1.165, 1.54) is 18.4 Å². The van der Waals surface area contributed by atoms with Crippen LogP contribution >= 0.6 is 0 Å². The molecule has 2 heteroatoms. The number of nitrogens with one attached hydrogen (secondary N) is 1. The molecule has 1 aromatic carbocycles. The Morgan fingerprint density at radius 1 is 1.26 bits per heavy atom. The maximum absolute atomic E-state index is 5.49. The molecule has 1 saturated heterocycles. The summed E-state index contributed by atoms with van der Waals surface area (Å²) in [6.45, 7) is 7.23. The van der Waals surface area contributed by atoms with Gasteiger partial charge in [0.15, 0.2) is 0 Å². The fourth-order valence-electron chi connectivity index (χ4n) is 3.07. The van der Waals surface area contributed by atoms with Gasteiger partial charge in [0.05, 0.1) is 6.54 Å². The van der Waals surface area contributed by atoms with Crippen LogP contribution in [0.15, 0.2) is 30.3 Å². The van der Waals surface area contributed by atoms with Crippen LogP contribution in [0, 0.1) is 12.3 Å². The number of piperidine rings is 1. The highest BCUT2D eigenvalue weighted by molar-refractivity contribution is 5.27. The summed E-state index contributed by atoms with van der Waals surface area (Å²) in [6.07, 6.45) is 7.87. The molecular formula is C17H24N2. The summed E-state index contributed by atoms with van der Waals surface area (Å²) in [7, 11) is 0. The zero-order valence-corrected chi connectivity index (χ0v) is 11.9. The summed E-state index contributed by atoms with van der Waals surface area (Å²) in [5.41, 5.74) is 1.73. The van der Waals surface area contributed by atoms with Crippen LogP contribution in [0.1, 0.15) is 25.3 Å². The highest BCUT2D eigenvalue weighted by Crippen LogP contribution is 2.34. The molecule has 1 aliphatic rings. The molecule has 1 fully saturated rings. The molecule has 0 atom stereocenters. The van der Waals surface area contributed by atoms with Crippen LogP contribution in [0.4, 0.5) is 0 Å². The number of likely N-dealkylation sites (N-methyl/N-ethyl adjacent to an activating group) is 1. The van der Waals surface area contributed by atoms with Crippen LogP contribution in [-0.4, -0.2) is 37.6 Å². The smallest absolute Gasteiger partial charge is 0.0599 e. The summed E-state index contributed by atoms with van der Waals surface area (Å²) in [4.78, 5) is 2.39. The van der Waals surface area contributed by atoms with Gasteiger partial charge in [-0.3, -0.25) is 4.90 Å². The molecule has 1 heterocycles. The maximum Gasteiger partial charge on any atom is 0.0599 e. The van der Waals surface area contributed by atoms with Gasteiger partial charge in [0.1, 0.15) is 0 Å². The van der Waals surface area contributed by atoms with Crippen molar-refractivity contribution < 1.29 is 0 Å². The molecular weight excluding hydrogens is 232 g/mol. The highest BCUT2D eigenvalue weighted by atomic mass is 15.1. The minimum absolute atomic E-state index is 0.263. The normalized spacial score (nSPS) is 18.2. The summed E-state index contributed by atoms with van der Waals surface area (Å²) in [6, 6.07) is 10.9. The first-order valence-corrected chi connectivity index (χ1v) is 7.23. The molecule has 0 aliphatic carbocycles. The largest absolute Gasteiger partial charge is 0.317 e. The summed E-state index contributed by atoms with van der Waals surface area (Å²) in [5.74, 6) is 2.79. The summed E-state index contributed by atoms with van der Waals surface area (Å²) in [5, 5.41) is 3.47. The van der Waals surface area contributed by atoms with Crippen molar-refractivity contribution in [1.29, 1.82) is 0 Å². The fraction of sp³-hybridized carbons (Fsp3) is 0.529. The zero-order valence-electron chi connectivity index (χ0n) is 11.9. The lowest BCUT2D eigenvalue weighted by Gasteiger charge is -2.41. The van der Waals surface area contributed by atoms with E-state index in [2.05, 4.69) is 53.4 Å². The fourth-order valence-corrected chi connectivity index (χ4v) is 3.07. The van der Waals surface area contributed by atoms with E-state index in [9.17, 15) is 0 Å². The molecule has 2 rings (SSSR count). The van der Waals surface area contributed by atoms with E-state index >= 15 is 0 Å². The third-order valence-corrected chi connectivity index (χ3v) is 4.24. The predicted molar refractivity (Wildman–Crippen MR) is 81.2 cm³/mol. The number of hydrogen-bond donors (Lipinski definition) is 1. The molecule has 0 amide bonds. The van der Waals surface area contributed by atoms with Crippen LogP contribution in [0.2, 0.25) is 0 Å². The second-order valence-corrected chi connectivity index (χ2v) is 5.40. The zero-order chi connectivity index (χ0) is 13.6. The maximum atomic E-state index is 5.49. The van der Waals surface area contributed by atoms with Crippen molar-refractivity contribution in [1.82, 2.24) is 10.2 Å². The summed E-state index contributed by atoms with van der Waals surface area (Å²) < 4.78 is 0. The van der Waals surface area contributed by atoms with Crippen molar-refractivity contribution in [2.45, 2.75) is 25.2 Å². The van der Waals surface area contributed by atoms with E-state index in [4.69, 9.17) is 6.42 Å². The molecule has 0 aromatic heterocycles. The molecule has 0 spiro atoms. The predicted octanol–water partition coefficient (Wildman–Crippen LogP) is 2.26. The third-order valence-electron chi connectivity index (χ3n) is 4.24. The molecule has 102 valence electrons. The van der Waals surface area contributed by atoms with Gasteiger partial charge in [-0.15, -0.1) is 6.42 Å². The molecule has 19 heavy (non-hydrogen) atoms. The molecule has 2 nitrogen and oxygen atoms in total. The van der Waals surface area contributed by atoms with Crippen LogP contribution in [-0.2, 0) is 5.41 Å². The van der Waals surface area contributed by atoms with Crippen molar-refractivity contribution in [3.63, 3.8) is 0 Å². The van der Waals surface area contributed by atoms with Gasteiger partial charge < -0.3 is 5.32 Å². The van der Waals surface area contributed by atoms with Crippen molar-refractivity contribution in [2.24, 2.45) is 0 Å². The van der Waals surface area contributed by atoms with E-state index in [0.29, 0.717) is 0 Å². The Morgan fingerprint density at radius 2 is 1.95 bits per heavy atom. The van der Waals surface area contributed by atoms with Crippen molar-refractivity contribution in [3.05, 3.63) is 35.9 Å². The molecule has 1 aliphatic heterocycles. The van der Waals surface area contributed by atoms with Crippen molar-refractivity contribution in [3.8, 4) is 12.3 Å². The van der Waals surface area contributed by atoms with Crippen molar-refractivity contribution in [2.75, 3.05) is 32.7 Å². The standard InChI is InChI=1S/C17H24N2/c1-3-14-19(4-2)15-17(10-12-18-13-11-17)16-8-6-5-7-9-16/h1,5-9,18H,4,10-15H2,2H3. The lowest BCUT2D eigenvalue weighted by molar-refractivity contribution is 0.195. The second kappa shape index (κ2) is 6.75. The first kappa shape index (κ1) is 14.1. The highest BCUT2D eigenvalue weighted by Gasteiger charge is 2.34. The minimum Gasteiger partial charge on any atom is -0.317 e. The monoisotopic (exact) mass is 256 g/mol. The summed E-state index contributed by atoms with van der Waals surface area (Å²) >= 11 is 0. The first-order valence-electron chi connectivity index (χ1n) is 7.23. The number of terminal acetylenes is 1. The third kappa shape index (κ3) is 3.37. The Hall–Kier alpha value is -1.30. The van der Waals surface area contributed by atoms with Gasteiger partial charge in [0.2, 0.25) is 0 Å². The molecule has 0 radical (unpaired) electrons. The van der Waals surface area contributed by atoms with Gasteiger partial charge in [-0.05, 0) is 38.0 Å². The minimum atomic E-state index is 0.263. The van der Waals surface area contributed by atoms with Crippen LogP contribution < -0.4 is 5.32 Å². The van der Waals surface area contributed by atoms with Gasteiger partial charge in [-0.25, -0.2) is 0 Å². The molecule has 1 aromatic rings. The number of rotatable bonds is 5. The molecule has 0 bridgehead atoms. The van der Waals surface area contributed by atoms with Gasteiger partial charge >= 0.3 is 0 Å². The average molecular weight is 256 g/mol. The molecule has 1 N–H and O–H groups in total. The Morgan fingerprint density at radius 3 is 2.53 bits per heavy atom. The van der Waals surface area contributed by atoms with E-state index in [1.807, 2.05) is 0 Å². The lowest BCUT2D eigenvalue weighted by atomic mass is 9.72. The van der Waals surface area contributed by atoms with Crippen molar-refractivity contribution >= 4 is 0 Å².